The molecular formula is C22H27Cl2NO7. The molecule has 32 heavy (non-hydrogen) atoms. The third-order valence-electron chi connectivity index (χ3n) is 5.91. The number of hydrogen-bond donors (Lipinski definition) is 5. The largest absolute Gasteiger partial charge is 0.490 e. The van der Waals surface area contributed by atoms with E-state index in [2.05, 4.69) is 0 Å². The Hall–Kier alpha value is -1.49. The van der Waals surface area contributed by atoms with Crippen molar-refractivity contribution in [2.75, 3.05) is 6.61 Å². The Morgan fingerprint density at radius 1 is 1.28 bits per heavy atom. The summed E-state index contributed by atoms with van der Waals surface area (Å²) in [6.07, 6.45) is -3.73. The number of allylic oxidation sites excluding steroid dienone is 3. The van der Waals surface area contributed by atoms with Crippen molar-refractivity contribution in [2.24, 2.45) is 5.73 Å². The summed E-state index contributed by atoms with van der Waals surface area (Å²) < 4.78 is 11.1. The number of carbonyl (C=O) groups is 1. The number of benzene rings is 1. The molecule has 1 aliphatic carbocycles. The Balaban J connectivity index is 1.92. The Bertz CT molecular complexity index is 931. The van der Waals surface area contributed by atoms with Crippen LogP contribution in [0, 0.1) is 0 Å². The molecule has 1 aromatic carbocycles. The maximum atomic E-state index is 13.4. The van der Waals surface area contributed by atoms with Crippen LogP contribution < -0.4 is 5.73 Å². The molecule has 0 spiro atoms. The minimum absolute atomic E-state index is 0.0136. The predicted molar refractivity (Wildman–Crippen MR) is 118 cm³/mol. The van der Waals surface area contributed by atoms with Gasteiger partial charge in [0, 0.05) is 12.0 Å². The number of ether oxygens (including phenoxy) is 2. The highest BCUT2D eigenvalue weighted by molar-refractivity contribution is 6.34. The zero-order chi connectivity index (χ0) is 23.9. The van der Waals surface area contributed by atoms with Crippen molar-refractivity contribution < 1.29 is 34.7 Å². The number of halogens is 2. The maximum absolute atomic E-state index is 13.4. The normalized spacial score (nSPS) is 37.8. The smallest absolute Gasteiger partial charge is 0.191 e. The first-order chi connectivity index (χ1) is 14.8. The molecule has 0 amide bonds. The molecule has 3 rings (SSSR count). The van der Waals surface area contributed by atoms with Gasteiger partial charge in [0.05, 0.1) is 11.6 Å². The fraction of sp³-hybridized carbons (Fsp3) is 0.500. The summed E-state index contributed by atoms with van der Waals surface area (Å²) in [5.74, 6) is -3.04. The van der Waals surface area contributed by atoms with Crippen LogP contribution in [-0.4, -0.2) is 67.3 Å². The van der Waals surface area contributed by atoms with Crippen molar-refractivity contribution >= 4 is 29.0 Å². The minimum atomic E-state index is -2.45. The first-order valence-electron chi connectivity index (χ1n) is 10.0. The number of Topliss-reactive ketones (excluding diaryl/α,β-unsaturated/α-hetero) is 1. The molecule has 1 fully saturated rings. The number of aliphatic hydroxyl groups excluding tert-OH is 3. The van der Waals surface area contributed by atoms with Gasteiger partial charge in [-0.2, -0.15) is 0 Å². The van der Waals surface area contributed by atoms with E-state index in [1.165, 1.54) is 6.08 Å². The summed E-state index contributed by atoms with van der Waals surface area (Å²) in [6, 6.07) is 9.37. The van der Waals surface area contributed by atoms with Gasteiger partial charge >= 0.3 is 0 Å². The molecule has 0 bridgehead atoms. The highest BCUT2D eigenvalue weighted by Crippen LogP contribution is 2.44. The van der Waals surface area contributed by atoms with Crippen LogP contribution in [0.3, 0.4) is 0 Å². The molecule has 1 aromatic rings. The lowest BCUT2D eigenvalue weighted by Gasteiger charge is -2.52. The van der Waals surface area contributed by atoms with E-state index in [4.69, 9.17) is 38.4 Å². The summed E-state index contributed by atoms with van der Waals surface area (Å²) in [6.45, 7) is 2.21. The number of hydrogen-bond acceptors (Lipinski definition) is 8. The Morgan fingerprint density at radius 2 is 1.91 bits per heavy atom. The molecule has 10 heteroatoms. The molecule has 6 atom stereocenters. The molecule has 176 valence electrons. The second-order valence-corrected chi connectivity index (χ2v) is 9.69. The van der Waals surface area contributed by atoms with Gasteiger partial charge in [-0.15, -0.1) is 11.6 Å². The summed E-state index contributed by atoms with van der Waals surface area (Å²) >= 11 is 13.1. The molecule has 8 nitrogen and oxygen atoms in total. The summed E-state index contributed by atoms with van der Waals surface area (Å²) in [7, 11) is 0. The summed E-state index contributed by atoms with van der Waals surface area (Å²) in [5.41, 5.74) is 4.64. The van der Waals surface area contributed by atoms with Gasteiger partial charge in [-0.05, 0) is 25.5 Å². The fourth-order valence-electron chi connectivity index (χ4n) is 4.02. The lowest BCUT2D eigenvalue weighted by Crippen LogP contribution is -2.79. The Labute approximate surface area is 195 Å². The second kappa shape index (κ2) is 9.04. The molecule has 1 aliphatic heterocycles. The number of aliphatic hydroxyl groups is 4. The van der Waals surface area contributed by atoms with Gasteiger partial charge in [0.1, 0.15) is 35.6 Å². The highest BCUT2D eigenvalue weighted by Gasteiger charge is 2.64. The molecule has 6 N–H and O–H groups in total. The maximum Gasteiger partial charge on any atom is 0.191 e. The van der Waals surface area contributed by atoms with Gasteiger partial charge < -0.3 is 35.6 Å². The van der Waals surface area contributed by atoms with Crippen molar-refractivity contribution in [1.29, 1.82) is 0 Å². The van der Waals surface area contributed by atoms with Crippen molar-refractivity contribution in [1.82, 2.24) is 0 Å². The van der Waals surface area contributed by atoms with Crippen LogP contribution in [0.1, 0.15) is 25.8 Å². The van der Waals surface area contributed by atoms with Crippen LogP contribution in [0.5, 0.6) is 0 Å². The number of nitrogens with two attached hydrogens (primary N) is 1. The van der Waals surface area contributed by atoms with Gasteiger partial charge in [0.2, 0.25) is 0 Å². The highest BCUT2D eigenvalue weighted by atomic mass is 35.5. The van der Waals surface area contributed by atoms with Gasteiger partial charge in [-0.25, -0.2) is 0 Å². The lowest BCUT2D eigenvalue weighted by molar-refractivity contribution is -0.325. The second-order valence-electron chi connectivity index (χ2n) is 8.45. The van der Waals surface area contributed by atoms with E-state index in [-0.39, 0.29) is 29.4 Å². The van der Waals surface area contributed by atoms with E-state index in [0.29, 0.717) is 0 Å². The van der Waals surface area contributed by atoms with E-state index in [0.717, 1.165) is 12.5 Å². The number of alkyl halides is 1. The molecule has 0 aromatic heterocycles. The monoisotopic (exact) mass is 487 g/mol. The Kier molecular flexibility index (Phi) is 7.10. The van der Waals surface area contributed by atoms with E-state index < -0.39 is 46.9 Å². The zero-order valence-electron chi connectivity index (χ0n) is 17.7. The summed E-state index contributed by atoms with van der Waals surface area (Å²) in [5, 5.41) is 41.0. The van der Waals surface area contributed by atoms with Crippen LogP contribution in [-0.2, 0) is 20.9 Å². The van der Waals surface area contributed by atoms with Gasteiger partial charge in [-0.1, -0.05) is 41.9 Å². The van der Waals surface area contributed by atoms with Crippen LogP contribution in [0.4, 0.5) is 0 Å². The van der Waals surface area contributed by atoms with E-state index in [1.807, 2.05) is 30.3 Å². The van der Waals surface area contributed by atoms with E-state index >= 15 is 0 Å². The molecule has 1 unspecified atom stereocenters. The molecule has 0 saturated carbocycles. The average Bonchev–Trinajstić information content (AvgIpc) is 2.73. The van der Waals surface area contributed by atoms with Crippen molar-refractivity contribution in [3.8, 4) is 0 Å². The zero-order valence-corrected chi connectivity index (χ0v) is 19.2. The van der Waals surface area contributed by atoms with E-state index in [9.17, 15) is 25.2 Å². The van der Waals surface area contributed by atoms with Crippen LogP contribution in [0.2, 0.25) is 0 Å². The topological polar surface area (TPSA) is 142 Å². The SMILES string of the molecule is CC1(Cl)CC(C(=O)[C@@]2(N)[C@@H](O)[C@H](O)[C@@H](CO)O[C@]2(C)O)=CC(Cl)=C1OCc1ccccc1. The van der Waals surface area contributed by atoms with Crippen LogP contribution >= 0.6 is 23.2 Å². The number of ketones is 1. The van der Waals surface area contributed by atoms with Crippen LogP contribution in [0.25, 0.3) is 0 Å². The standard InChI is InChI=1S/C22H27Cl2NO7/c1-20(24)9-13(8-14(23)19(20)31-11-12-6-4-3-5-7-12)17(28)22(25)18(29)16(27)15(10-26)32-21(22,2)30/h3-8,15-16,18,26-27,29-30H,9-11,25H2,1-2H3/t15-,16-,18+,20?,21+,22-/m1/s1. The third-order valence-corrected chi connectivity index (χ3v) is 6.49. The molecule has 1 saturated heterocycles. The quantitative estimate of drug-likeness (QED) is 0.375. The first kappa shape index (κ1) is 25.1. The lowest BCUT2D eigenvalue weighted by atomic mass is 9.71. The summed E-state index contributed by atoms with van der Waals surface area (Å²) in [4.78, 5) is 12.2. The average molecular weight is 488 g/mol. The Morgan fingerprint density at radius 3 is 2.47 bits per heavy atom. The molecule has 0 radical (unpaired) electrons. The fourth-order valence-corrected chi connectivity index (χ4v) is 4.76. The van der Waals surface area contributed by atoms with Crippen LogP contribution in [0.15, 0.2) is 52.8 Å². The number of carbonyl (C=O) groups excluding carboxylic acids is 1. The van der Waals surface area contributed by atoms with E-state index in [1.54, 1.807) is 6.92 Å². The van der Waals surface area contributed by atoms with Gasteiger partial charge in [0.25, 0.3) is 0 Å². The number of rotatable bonds is 6. The first-order valence-corrected chi connectivity index (χ1v) is 10.8. The van der Waals surface area contributed by atoms with Gasteiger partial charge in [-0.3, -0.25) is 4.79 Å². The van der Waals surface area contributed by atoms with Gasteiger partial charge in [0.15, 0.2) is 17.1 Å². The predicted octanol–water partition coefficient (Wildman–Crippen LogP) is 1.07. The molecule has 2 aliphatic rings. The third kappa shape index (κ3) is 4.34. The van der Waals surface area contributed by atoms with Crippen molar-refractivity contribution in [3.63, 3.8) is 0 Å². The molecule has 1 heterocycles. The molecular weight excluding hydrogens is 461 g/mol. The minimum Gasteiger partial charge on any atom is -0.490 e. The van der Waals surface area contributed by atoms with Crippen molar-refractivity contribution in [3.05, 3.63) is 58.3 Å². The van der Waals surface area contributed by atoms with Crippen molar-refractivity contribution in [2.45, 2.75) is 61.4 Å².